The quantitative estimate of drug-likeness (QED) is 0.465. The molecule has 0 aliphatic rings. The van der Waals surface area contributed by atoms with Gasteiger partial charge in [-0.25, -0.2) is 0 Å². The van der Waals surface area contributed by atoms with Gasteiger partial charge in [0, 0.05) is 41.8 Å². The predicted octanol–water partition coefficient (Wildman–Crippen LogP) is 4.88. The van der Waals surface area contributed by atoms with E-state index in [9.17, 15) is 0 Å². The Bertz CT molecular complexity index is 1220. The molecule has 4 aromatic rings. The lowest BCUT2D eigenvalue weighted by atomic mass is 10.1. The van der Waals surface area contributed by atoms with E-state index >= 15 is 0 Å². The number of aromatic nitrogens is 1. The van der Waals surface area contributed by atoms with Crippen molar-refractivity contribution in [2.75, 3.05) is 0 Å². The largest absolute Gasteiger partial charge is 0.310 e. The summed E-state index contributed by atoms with van der Waals surface area (Å²) in [5, 5.41) is 6.03. The molecule has 23 heavy (non-hydrogen) atoms. The molecule has 4 rings (SSSR count). The fourth-order valence-electron chi connectivity index (χ4n) is 3.41. The van der Waals surface area contributed by atoms with Gasteiger partial charge in [0.05, 0.1) is 5.52 Å². The average Bonchev–Trinajstić information content (AvgIpc) is 3.08. The summed E-state index contributed by atoms with van der Waals surface area (Å²) in [6, 6.07) is 13.0. The maximum absolute atomic E-state index is 4.30. The fraction of sp³-hybridized carbons (Fsp3) is 0.0476. The maximum atomic E-state index is 4.30. The Balaban J connectivity index is 2.39. The molecular formula is C21H17NS. The summed E-state index contributed by atoms with van der Waals surface area (Å²) >= 11 is 1.84. The average molecular weight is 315 g/mol. The van der Waals surface area contributed by atoms with Crippen LogP contribution in [0.15, 0.2) is 55.6 Å². The van der Waals surface area contributed by atoms with Gasteiger partial charge in [0.15, 0.2) is 0 Å². The van der Waals surface area contributed by atoms with Gasteiger partial charge < -0.3 is 4.57 Å². The van der Waals surface area contributed by atoms with Gasteiger partial charge >= 0.3 is 0 Å². The number of hydrogen-bond acceptors (Lipinski definition) is 1. The monoisotopic (exact) mass is 315 g/mol. The highest BCUT2D eigenvalue weighted by atomic mass is 32.1. The van der Waals surface area contributed by atoms with E-state index in [-0.39, 0.29) is 0 Å². The van der Waals surface area contributed by atoms with E-state index in [1.54, 1.807) is 6.08 Å². The highest BCUT2D eigenvalue weighted by Gasteiger charge is 2.14. The van der Waals surface area contributed by atoms with Crippen LogP contribution in [-0.4, -0.2) is 4.57 Å². The van der Waals surface area contributed by atoms with Crippen LogP contribution in [0.2, 0.25) is 0 Å². The van der Waals surface area contributed by atoms with Crippen LogP contribution in [0.5, 0.6) is 0 Å². The van der Waals surface area contributed by atoms with Crippen molar-refractivity contribution in [3.8, 4) is 0 Å². The molecule has 0 saturated heterocycles. The lowest BCUT2D eigenvalue weighted by Crippen LogP contribution is -2.26. The third-order valence-electron chi connectivity index (χ3n) is 4.42. The highest BCUT2D eigenvalue weighted by Crippen LogP contribution is 2.37. The Morgan fingerprint density at radius 1 is 1.09 bits per heavy atom. The second-order valence-electron chi connectivity index (χ2n) is 5.61. The molecule has 2 aromatic heterocycles. The number of fused-ring (bicyclic) bond motifs is 5. The van der Waals surface area contributed by atoms with Crippen molar-refractivity contribution in [1.82, 2.24) is 4.57 Å². The first-order chi connectivity index (χ1) is 11.2. The predicted molar refractivity (Wildman–Crippen MR) is 105 cm³/mol. The Hall–Kier alpha value is -2.58. The van der Waals surface area contributed by atoms with Crippen LogP contribution in [-0.2, 0) is 0 Å². The standard InChI is InChI=1S/C21H17NS/c1-5-13(3)22-14(4)15(6-2)20-17(22)11-12-19-21(20)16-9-7-8-10-18(16)23-19/h5-12H,1,3-4H2,2H3/b15-6+. The fourth-order valence-corrected chi connectivity index (χ4v) is 4.52. The van der Waals surface area contributed by atoms with Gasteiger partial charge in [-0.15, -0.1) is 11.3 Å². The zero-order valence-corrected chi connectivity index (χ0v) is 13.9. The molecule has 0 N–H and O–H groups in total. The molecule has 0 unspecified atom stereocenters. The summed E-state index contributed by atoms with van der Waals surface area (Å²) in [6.07, 6.45) is 3.92. The first-order valence-corrected chi connectivity index (χ1v) is 8.40. The summed E-state index contributed by atoms with van der Waals surface area (Å²) in [6.45, 7) is 14.4. The zero-order chi connectivity index (χ0) is 16.1. The Morgan fingerprint density at radius 2 is 1.87 bits per heavy atom. The molecule has 1 nitrogen and oxygen atoms in total. The van der Waals surface area contributed by atoms with E-state index in [4.69, 9.17) is 0 Å². The summed E-state index contributed by atoms with van der Waals surface area (Å²) in [5.41, 5.74) is 2.00. The molecule has 0 radical (unpaired) electrons. The first kappa shape index (κ1) is 14.0. The lowest BCUT2D eigenvalue weighted by molar-refractivity contribution is 1.12. The molecule has 0 aliphatic carbocycles. The van der Waals surface area contributed by atoms with E-state index in [0.29, 0.717) is 0 Å². The number of allylic oxidation sites excluding steroid dienone is 2. The summed E-state index contributed by atoms with van der Waals surface area (Å²) in [4.78, 5) is 0. The summed E-state index contributed by atoms with van der Waals surface area (Å²) < 4.78 is 4.73. The molecule has 2 heterocycles. The summed E-state index contributed by atoms with van der Waals surface area (Å²) in [5.74, 6) is 0. The van der Waals surface area contributed by atoms with Crippen LogP contribution in [0.1, 0.15) is 6.92 Å². The molecule has 112 valence electrons. The van der Waals surface area contributed by atoms with E-state index < -0.39 is 0 Å². The van der Waals surface area contributed by atoms with Crippen LogP contribution in [0.3, 0.4) is 0 Å². The molecule has 2 heteroatoms. The van der Waals surface area contributed by atoms with Crippen LogP contribution >= 0.6 is 11.3 Å². The third-order valence-corrected chi connectivity index (χ3v) is 5.56. The van der Waals surface area contributed by atoms with Crippen molar-refractivity contribution in [2.24, 2.45) is 0 Å². The molecule has 0 amide bonds. The zero-order valence-electron chi connectivity index (χ0n) is 13.1. The first-order valence-electron chi connectivity index (χ1n) is 7.59. The van der Waals surface area contributed by atoms with Gasteiger partial charge in [-0.2, -0.15) is 0 Å². The maximum Gasteiger partial charge on any atom is 0.0547 e. The molecule has 0 aliphatic heterocycles. The van der Waals surface area contributed by atoms with Crippen LogP contribution in [0, 0.1) is 0 Å². The van der Waals surface area contributed by atoms with Crippen molar-refractivity contribution in [2.45, 2.75) is 6.92 Å². The highest BCUT2D eigenvalue weighted by molar-refractivity contribution is 7.26. The van der Waals surface area contributed by atoms with E-state index in [0.717, 1.165) is 16.6 Å². The topological polar surface area (TPSA) is 4.93 Å². The van der Waals surface area contributed by atoms with Gasteiger partial charge in [0.25, 0.3) is 0 Å². The summed E-state index contributed by atoms with van der Waals surface area (Å²) in [7, 11) is 0. The molecule has 0 bridgehead atoms. The van der Waals surface area contributed by atoms with Crippen LogP contribution < -0.4 is 10.6 Å². The minimum absolute atomic E-state index is 0.854. The minimum Gasteiger partial charge on any atom is -0.310 e. The van der Waals surface area contributed by atoms with Crippen molar-refractivity contribution in [3.05, 3.63) is 66.2 Å². The second-order valence-corrected chi connectivity index (χ2v) is 6.69. The van der Waals surface area contributed by atoms with Gasteiger partial charge in [-0.05, 0) is 31.2 Å². The van der Waals surface area contributed by atoms with Crippen molar-refractivity contribution >= 4 is 60.8 Å². The normalized spacial score (nSPS) is 12.5. The van der Waals surface area contributed by atoms with Crippen molar-refractivity contribution < 1.29 is 0 Å². The number of benzene rings is 2. The number of hydrogen-bond donors (Lipinski definition) is 0. The molecular weight excluding hydrogens is 298 g/mol. The second kappa shape index (κ2) is 4.97. The third kappa shape index (κ3) is 1.79. The number of rotatable bonds is 2. The molecule has 0 saturated carbocycles. The Kier molecular flexibility index (Phi) is 3.03. The van der Waals surface area contributed by atoms with E-state index in [2.05, 4.69) is 73.7 Å². The molecule has 2 aromatic carbocycles. The molecule has 0 spiro atoms. The van der Waals surface area contributed by atoms with E-state index in [1.165, 1.54) is 30.8 Å². The Labute approximate surface area is 138 Å². The smallest absolute Gasteiger partial charge is 0.0547 e. The molecule has 0 fully saturated rings. The van der Waals surface area contributed by atoms with Gasteiger partial charge in [0.2, 0.25) is 0 Å². The molecule has 0 atom stereocenters. The SMILES string of the molecule is C=CC(=C)n1c(=C)/c(=C\C)c2c3c(ccc21)sc1ccccc13. The van der Waals surface area contributed by atoms with Crippen LogP contribution in [0.4, 0.5) is 0 Å². The van der Waals surface area contributed by atoms with Gasteiger partial charge in [0.1, 0.15) is 0 Å². The lowest BCUT2D eigenvalue weighted by Gasteiger charge is -2.05. The number of nitrogens with zero attached hydrogens (tertiary/aromatic N) is 1. The van der Waals surface area contributed by atoms with Gasteiger partial charge in [-0.3, -0.25) is 0 Å². The van der Waals surface area contributed by atoms with Crippen molar-refractivity contribution in [1.29, 1.82) is 0 Å². The van der Waals surface area contributed by atoms with Crippen molar-refractivity contribution in [3.63, 3.8) is 0 Å². The van der Waals surface area contributed by atoms with E-state index in [1.807, 2.05) is 11.3 Å². The van der Waals surface area contributed by atoms with Crippen LogP contribution in [0.25, 0.3) is 49.4 Å². The minimum atomic E-state index is 0.854. The number of thiophene rings is 1. The Morgan fingerprint density at radius 3 is 2.61 bits per heavy atom. The van der Waals surface area contributed by atoms with Gasteiger partial charge in [-0.1, -0.05) is 44.0 Å².